The predicted octanol–water partition coefficient (Wildman–Crippen LogP) is 5.70. The van der Waals surface area contributed by atoms with Crippen LogP contribution in [0.15, 0.2) is 42.7 Å². The number of hydrogen-bond acceptors (Lipinski definition) is 5. The van der Waals surface area contributed by atoms with Crippen LogP contribution < -0.4 is 10.1 Å². The topological polar surface area (TPSA) is 89.3 Å². The summed E-state index contributed by atoms with van der Waals surface area (Å²) in [6, 6.07) is 9.80. The third kappa shape index (κ3) is 5.00. The lowest BCUT2D eigenvalue weighted by Crippen LogP contribution is -2.13. The lowest BCUT2D eigenvalue weighted by molar-refractivity contribution is 0.0695. The van der Waals surface area contributed by atoms with E-state index in [-0.39, 0.29) is 16.8 Å². The second-order valence-electron chi connectivity index (χ2n) is 9.06. The molecule has 4 aromatic rings. The molecule has 0 spiro atoms. The summed E-state index contributed by atoms with van der Waals surface area (Å²) in [4.78, 5) is 20.2. The van der Waals surface area contributed by atoms with Crippen molar-refractivity contribution in [1.29, 1.82) is 0 Å². The quantitative estimate of drug-likeness (QED) is 0.310. The van der Waals surface area contributed by atoms with Crippen molar-refractivity contribution in [2.24, 2.45) is 5.92 Å². The molecule has 0 atom stereocenters. The third-order valence-electron chi connectivity index (χ3n) is 6.03. The van der Waals surface area contributed by atoms with Crippen LogP contribution in [0.3, 0.4) is 0 Å². The Balaban J connectivity index is 1.55. The number of nitrogens with one attached hydrogen (secondary N) is 1. The number of fused-ring (bicyclic) bond motifs is 1. The number of aromatic nitrogens is 3. The van der Waals surface area contributed by atoms with E-state index in [0.717, 1.165) is 22.9 Å². The summed E-state index contributed by atoms with van der Waals surface area (Å²) >= 11 is 0. The molecule has 0 aliphatic carbocycles. The fourth-order valence-corrected chi connectivity index (χ4v) is 4.41. The summed E-state index contributed by atoms with van der Waals surface area (Å²) < 4.78 is 35.7. The molecule has 0 unspecified atom stereocenters. The molecule has 0 bridgehead atoms. The molecule has 9 heteroatoms. The molecule has 2 aromatic heterocycles. The molecule has 188 valence electrons. The SMILES string of the molecule is COc1cc(F)c(F)c2c1cc(C)n2CCNc1cc(-c2ccc(C(=O)O)c(CC(C)C)c2)ncn1. The number of aryl methyl sites for hydroxylation is 1. The van der Waals surface area contributed by atoms with Gasteiger partial charge in [0.25, 0.3) is 0 Å². The lowest BCUT2D eigenvalue weighted by atomic mass is 9.95. The number of halogens is 2. The maximum absolute atomic E-state index is 14.6. The highest BCUT2D eigenvalue weighted by Crippen LogP contribution is 2.32. The van der Waals surface area contributed by atoms with Crippen LogP contribution in [0.4, 0.5) is 14.6 Å². The van der Waals surface area contributed by atoms with Crippen LogP contribution in [0.5, 0.6) is 5.75 Å². The molecule has 0 saturated carbocycles. The highest BCUT2D eigenvalue weighted by molar-refractivity contribution is 5.90. The number of carbonyl (C=O) groups is 1. The van der Waals surface area contributed by atoms with E-state index >= 15 is 0 Å². The van der Waals surface area contributed by atoms with Gasteiger partial charge in [-0.1, -0.05) is 19.9 Å². The monoisotopic (exact) mass is 494 g/mol. The molecule has 0 radical (unpaired) electrons. The van der Waals surface area contributed by atoms with Crippen molar-refractivity contribution in [3.05, 3.63) is 71.2 Å². The number of carboxylic acid groups (broad SMARTS) is 1. The zero-order valence-electron chi connectivity index (χ0n) is 20.6. The van der Waals surface area contributed by atoms with Crippen LogP contribution in [0.25, 0.3) is 22.2 Å². The zero-order chi connectivity index (χ0) is 26.0. The number of rotatable bonds is 9. The van der Waals surface area contributed by atoms with E-state index in [1.54, 1.807) is 28.8 Å². The van der Waals surface area contributed by atoms with Crippen molar-refractivity contribution < 1.29 is 23.4 Å². The molecule has 2 N–H and O–H groups in total. The Hall–Kier alpha value is -4.01. The van der Waals surface area contributed by atoms with E-state index in [1.165, 1.54) is 13.4 Å². The van der Waals surface area contributed by atoms with E-state index in [4.69, 9.17) is 4.74 Å². The first kappa shape index (κ1) is 25.1. The molecule has 0 amide bonds. The minimum atomic E-state index is -0.960. The molecule has 0 aliphatic rings. The second kappa shape index (κ2) is 10.3. The fraction of sp³-hybridized carbons (Fsp3) is 0.296. The molecule has 4 rings (SSSR count). The molecule has 2 heterocycles. The van der Waals surface area contributed by atoms with Crippen molar-refractivity contribution in [1.82, 2.24) is 14.5 Å². The smallest absolute Gasteiger partial charge is 0.335 e. The first-order valence-corrected chi connectivity index (χ1v) is 11.6. The van der Waals surface area contributed by atoms with Crippen molar-refractivity contribution in [3.63, 3.8) is 0 Å². The van der Waals surface area contributed by atoms with Gasteiger partial charge in [-0.15, -0.1) is 0 Å². The number of anilines is 1. The fourth-order valence-electron chi connectivity index (χ4n) is 4.41. The van der Waals surface area contributed by atoms with E-state index in [9.17, 15) is 18.7 Å². The Morgan fingerprint density at radius 3 is 2.64 bits per heavy atom. The van der Waals surface area contributed by atoms with Gasteiger partial charge in [0, 0.05) is 41.9 Å². The number of ether oxygens (including phenoxy) is 1. The van der Waals surface area contributed by atoms with E-state index in [0.29, 0.717) is 42.3 Å². The van der Waals surface area contributed by atoms with Crippen LogP contribution in [0, 0.1) is 24.5 Å². The van der Waals surface area contributed by atoms with Gasteiger partial charge in [-0.3, -0.25) is 0 Å². The van der Waals surface area contributed by atoms with Gasteiger partial charge in [0.2, 0.25) is 0 Å². The maximum Gasteiger partial charge on any atom is 0.335 e. The first-order valence-electron chi connectivity index (χ1n) is 11.6. The predicted molar refractivity (Wildman–Crippen MR) is 135 cm³/mol. The van der Waals surface area contributed by atoms with Gasteiger partial charge < -0.3 is 19.7 Å². The molecule has 2 aromatic carbocycles. The molecule has 0 aliphatic heterocycles. The van der Waals surface area contributed by atoms with Crippen molar-refractivity contribution in [2.75, 3.05) is 19.0 Å². The summed E-state index contributed by atoms with van der Waals surface area (Å²) in [6.45, 7) is 6.67. The van der Waals surface area contributed by atoms with Gasteiger partial charge >= 0.3 is 5.97 Å². The normalized spacial score (nSPS) is 11.3. The van der Waals surface area contributed by atoms with Crippen molar-refractivity contribution >= 4 is 22.7 Å². The van der Waals surface area contributed by atoms with Gasteiger partial charge in [-0.2, -0.15) is 0 Å². The zero-order valence-corrected chi connectivity index (χ0v) is 20.6. The van der Waals surface area contributed by atoms with Crippen molar-refractivity contribution in [3.8, 4) is 17.0 Å². The molecular weight excluding hydrogens is 466 g/mol. The largest absolute Gasteiger partial charge is 0.496 e. The number of aromatic carboxylic acids is 1. The number of hydrogen-bond donors (Lipinski definition) is 2. The molecule has 0 fully saturated rings. The number of benzene rings is 2. The molecule has 0 saturated heterocycles. The summed E-state index contributed by atoms with van der Waals surface area (Å²) in [7, 11) is 1.42. The first-order chi connectivity index (χ1) is 17.2. The number of nitrogens with zero attached hydrogens (tertiary/aromatic N) is 3. The van der Waals surface area contributed by atoms with Gasteiger partial charge in [0.05, 0.1) is 23.9 Å². The molecular formula is C27H28F2N4O3. The second-order valence-corrected chi connectivity index (χ2v) is 9.06. The van der Waals surface area contributed by atoms with Gasteiger partial charge in [0.15, 0.2) is 11.6 Å². The highest BCUT2D eigenvalue weighted by Gasteiger charge is 2.19. The van der Waals surface area contributed by atoms with E-state index in [1.807, 2.05) is 26.8 Å². The van der Waals surface area contributed by atoms with Gasteiger partial charge in [0.1, 0.15) is 17.9 Å². The Bertz CT molecular complexity index is 1430. The summed E-state index contributed by atoms with van der Waals surface area (Å²) in [5, 5.41) is 13.2. The average Bonchev–Trinajstić information content (AvgIpc) is 3.17. The van der Waals surface area contributed by atoms with Gasteiger partial charge in [-0.05, 0) is 43.0 Å². The Labute approximate surface area is 207 Å². The van der Waals surface area contributed by atoms with E-state index in [2.05, 4.69) is 15.3 Å². The summed E-state index contributed by atoms with van der Waals surface area (Å²) in [5.74, 6) is -1.68. The van der Waals surface area contributed by atoms with E-state index < -0.39 is 17.6 Å². The molecule has 7 nitrogen and oxygen atoms in total. The summed E-state index contributed by atoms with van der Waals surface area (Å²) in [5.41, 5.74) is 3.41. The van der Waals surface area contributed by atoms with Crippen LogP contribution in [-0.4, -0.2) is 39.3 Å². The Morgan fingerprint density at radius 2 is 1.94 bits per heavy atom. The number of methoxy groups -OCH3 is 1. The molecule has 36 heavy (non-hydrogen) atoms. The number of carboxylic acids is 1. The average molecular weight is 495 g/mol. The van der Waals surface area contributed by atoms with Crippen LogP contribution >= 0.6 is 0 Å². The van der Waals surface area contributed by atoms with Crippen LogP contribution in [-0.2, 0) is 13.0 Å². The van der Waals surface area contributed by atoms with Crippen LogP contribution in [0.2, 0.25) is 0 Å². The standard InChI is InChI=1S/C27H28F2N4O3/c1-15(2)9-18-11-17(5-6-19(18)27(34)35)22-13-24(32-14-31-22)30-7-8-33-16(3)10-20-23(36-4)12-21(28)25(29)26(20)33/h5-6,10-15H,7-9H2,1-4H3,(H,34,35)(H,30,31,32). The summed E-state index contributed by atoms with van der Waals surface area (Å²) in [6.07, 6.45) is 2.07. The Kier molecular flexibility index (Phi) is 7.19. The lowest BCUT2D eigenvalue weighted by Gasteiger charge is -2.13. The minimum absolute atomic E-state index is 0.158. The maximum atomic E-state index is 14.6. The van der Waals surface area contributed by atoms with Crippen molar-refractivity contribution in [2.45, 2.75) is 33.7 Å². The minimum Gasteiger partial charge on any atom is -0.496 e. The van der Waals surface area contributed by atoms with Crippen LogP contribution in [0.1, 0.15) is 35.5 Å². The highest BCUT2D eigenvalue weighted by atomic mass is 19.2. The third-order valence-corrected chi connectivity index (χ3v) is 6.03. The Morgan fingerprint density at radius 1 is 1.17 bits per heavy atom. The van der Waals surface area contributed by atoms with Gasteiger partial charge in [-0.25, -0.2) is 23.5 Å².